The molecule has 0 unspecified atom stereocenters. The van der Waals surface area contributed by atoms with Gasteiger partial charge in [0, 0.05) is 40.9 Å². The lowest BCUT2D eigenvalue weighted by Crippen LogP contribution is -2.40. The van der Waals surface area contributed by atoms with Gasteiger partial charge in [-0.05, 0) is 61.7 Å². The van der Waals surface area contributed by atoms with E-state index in [1.807, 2.05) is 29.3 Å². The molecule has 2 aromatic carbocycles. The van der Waals surface area contributed by atoms with E-state index in [0.717, 1.165) is 34.1 Å². The van der Waals surface area contributed by atoms with Crippen molar-refractivity contribution in [2.75, 3.05) is 18.4 Å². The number of pyridine rings is 1. The molecule has 0 spiro atoms. The van der Waals surface area contributed by atoms with E-state index in [1.165, 1.54) is 11.6 Å². The molecule has 29 heavy (non-hydrogen) atoms. The molecular formula is C24H24ClN3O. The van der Waals surface area contributed by atoms with Crippen LogP contribution in [0.4, 0.5) is 5.69 Å². The Labute approximate surface area is 176 Å². The van der Waals surface area contributed by atoms with Crippen molar-refractivity contribution in [3.8, 4) is 0 Å². The van der Waals surface area contributed by atoms with Crippen LogP contribution in [-0.2, 0) is 10.3 Å². The summed E-state index contributed by atoms with van der Waals surface area (Å²) in [5, 5.41) is 5.56. The van der Waals surface area contributed by atoms with Crippen LogP contribution in [0.15, 0.2) is 61.3 Å². The molecule has 148 valence electrons. The second-order valence-corrected chi connectivity index (χ2v) is 8.12. The number of halogens is 1. The zero-order valence-corrected chi connectivity index (χ0v) is 17.5. The SMILES string of the molecule is C=CC(=O)N1CC[C@@](Nc2ccc3c(C)ccnc3c2)(c2c(C)cccc2Cl)C1. The Kier molecular flexibility index (Phi) is 5.05. The fraction of sp³-hybridized carbons (Fsp3) is 0.250. The smallest absolute Gasteiger partial charge is 0.246 e. The fourth-order valence-electron chi connectivity index (χ4n) is 4.38. The van der Waals surface area contributed by atoms with E-state index >= 15 is 0 Å². The number of aryl methyl sites for hydroxylation is 2. The summed E-state index contributed by atoms with van der Waals surface area (Å²) in [5.41, 5.74) is 4.77. The van der Waals surface area contributed by atoms with Gasteiger partial charge >= 0.3 is 0 Å². The second-order valence-electron chi connectivity index (χ2n) is 7.71. The van der Waals surface area contributed by atoms with E-state index < -0.39 is 5.54 Å². The molecule has 0 bridgehead atoms. The van der Waals surface area contributed by atoms with Crippen LogP contribution in [0, 0.1) is 13.8 Å². The van der Waals surface area contributed by atoms with Crippen molar-refractivity contribution in [3.63, 3.8) is 0 Å². The highest BCUT2D eigenvalue weighted by Crippen LogP contribution is 2.41. The van der Waals surface area contributed by atoms with Gasteiger partial charge < -0.3 is 10.2 Å². The molecule has 1 aliphatic rings. The monoisotopic (exact) mass is 405 g/mol. The number of benzene rings is 2. The summed E-state index contributed by atoms with van der Waals surface area (Å²) in [7, 11) is 0. The number of aromatic nitrogens is 1. The third-order valence-electron chi connectivity index (χ3n) is 5.80. The summed E-state index contributed by atoms with van der Waals surface area (Å²) in [6.45, 7) is 8.97. The Morgan fingerprint density at radius 2 is 2.07 bits per heavy atom. The maximum absolute atomic E-state index is 12.3. The average molecular weight is 406 g/mol. The highest BCUT2D eigenvalue weighted by Gasteiger charge is 2.43. The number of likely N-dealkylation sites (tertiary alicyclic amines) is 1. The fourth-order valence-corrected chi connectivity index (χ4v) is 4.78. The van der Waals surface area contributed by atoms with Gasteiger partial charge in [0.05, 0.1) is 11.1 Å². The van der Waals surface area contributed by atoms with E-state index in [2.05, 4.69) is 55.0 Å². The highest BCUT2D eigenvalue weighted by atomic mass is 35.5. The summed E-state index contributed by atoms with van der Waals surface area (Å²) in [5.74, 6) is -0.0609. The van der Waals surface area contributed by atoms with Crippen molar-refractivity contribution in [2.45, 2.75) is 25.8 Å². The molecule has 1 N–H and O–H groups in total. The quantitative estimate of drug-likeness (QED) is 0.604. The van der Waals surface area contributed by atoms with Crippen LogP contribution >= 0.6 is 11.6 Å². The van der Waals surface area contributed by atoms with Gasteiger partial charge in [0.15, 0.2) is 0 Å². The molecule has 1 atom stereocenters. The van der Waals surface area contributed by atoms with Crippen molar-refractivity contribution < 1.29 is 4.79 Å². The molecule has 5 heteroatoms. The molecule has 1 saturated heterocycles. The Balaban J connectivity index is 1.80. The first-order chi connectivity index (χ1) is 13.9. The normalized spacial score (nSPS) is 18.8. The third-order valence-corrected chi connectivity index (χ3v) is 6.12. The number of carbonyl (C=O) groups is 1. The van der Waals surface area contributed by atoms with Crippen molar-refractivity contribution in [3.05, 3.63) is 83.0 Å². The third kappa shape index (κ3) is 3.49. The van der Waals surface area contributed by atoms with Gasteiger partial charge in [-0.15, -0.1) is 0 Å². The minimum atomic E-state index is -0.474. The molecule has 1 aromatic heterocycles. The van der Waals surface area contributed by atoms with Gasteiger partial charge in [0.1, 0.15) is 0 Å². The van der Waals surface area contributed by atoms with Gasteiger partial charge in [-0.1, -0.05) is 36.4 Å². The molecule has 0 radical (unpaired) electrons. The molecule has 2 heterocycles. The molecule has 0 saturated carbocycles. The number of nitrogens with one attached hydrogen (secondary N) is 1. The molecule has 1 aliphatic heterocycles. The van der Waals surface area contributed by atoms with Gasteiger partial charge in [-0.2, -0.15) is 0 Å². The lowest BCUT2D eigenvalue weighted by Gasteiger charge is -2.34. The van der Waals surface area contributed by atoms with Crippen molar-refractivity contribution >= 4 is 34.1 Å². The highest BCUT2D eigenvalue weighted by molar-refractivity contribution is 6.31. The first-order valence-corrected chi connectivity index (χ1v) is 10.1. The van der Waals surface area contributed by atoms with Gasteiger partial charge in [0.25, 0.3) is 0 Å². The molecule has 1 fully saturated rings. The van der Waals surface area contributed by atoms with Crippen LogP contribution in [0.25, 0.3) is 10.9 Å². The Morgan fingerprint density at radius 3 is 2.83 bits per heavy atom. The number of amides is 1. The van der Waals surface area contributed by atoms with E-state index in [4.69, 9.17) is 11.6 Å². The predicted octanol–water partition coefficient (Wildman–Crippen LogP) is 5.23. The van der Waals surface area contributed by atoms with Crippen molar-refractivity contribution in [1.29, 1.82) is 0 Å². The van der Waals surface area contributed by atoms with Crippen LogP contribution in [0.1, 0.15) is 23.1 Å². The van der Waals surface area contributed by atoms with Crippen LogP contribution in [0.5, 0.6) is 0 Å². The largest absolute Gasteiger partial charge is 0.374 e. The van der Waals surface area contributed by atoms with Gasteiger partial charge in [0.2, 0.25) is 5.91 Å². The second kappa shape index (κ2) is 7.53. The van der Waals surface area contributed by atoms with E-state index in [0.29, 0.717) is 18.1 Å². The standard InChI is InChI=1S/C24H24ClN3O/c1-4-22(29)28-13-11-24(15-28,23-17(3)6-5-7-20(23)25)27-18-8-9-19-16(2)10-12-26-21(19)14-18/h4-10,12,14,27H,1,11,13,15H2,2-3H3/t24-/m0/s1. The zero-order chi connectivity index (χ0) is 20.6. The van der Waals surface area contributed by atoms with Gasteiger partial charge in [-0.25, -0.2) is 0 Å². The molecule has 3 aromatic rings. The lowest BCUT2D eigenvalue weighted by atomic mass is 9.85. The number of hydrogen-bond acceptors (Lipinski definition) is 3. The number of carbonyl (C=O) groups excluding carboxylic acids is 1. The zero-order valence-electron chi connectivity index (χ0n) is 16.7. The topological polar surface area (TPSA) is 45.2 Å². The number of anilines is 1. The Hall–Kier alpha value is -2.85. The average Bonchev–Trinajstić information content (AvgIpc) is 3.12. The number of nitrogens with zero attached hydrogens (tertiary/aromatic N) is 2. The minimum absolute atomic E-state index is 0.0609. The van der Waals surface area contributed by atoms with Gasteiger partial charge in [-0.3, -0.25) is 9.78 Å². The number of hydrogen-bond donors (Lipinski definition) is 1. The first kappa shape index (κ1) is 19.5. The minimum Gasteiger partial charge on any atom is -0.374 e. The summed E-state index contributed by atoms with van der Waals surface area (Å²) in [6.07, 6.45) is 3.96. The molecule has 1 amide bonds. The van der Waals surface area contributed by atoms with Crippen LogP contribution in [-0.4, -0.2) is 28.9 Å². The maximum atomic E-state index is 12.3. The number of fused-ring (bicyclic) bond motifs is 1. The molecule has 4 rings (SSSR count). The maximum Gasteiger partial charge on any atom is 0.246 e. The summed E-state index contributed by atoms with van der Waals surface area (Å²) < 4.78 is 0. The summed E-state index contributed by atoms with van der Waals surface area (Å²) >= 11 is 6.67. The number of rotatable bonds is 4. The molecule has 0 aliphatic carbocycles. The van der Waals surface area contributed by atoms with Crippen LogP contribution in [0.2, 0.25) is 5.02 Å². The molecular weight excluding hydrogens is 382 g/mol. The van der Waals surface area contributed by atoms with Crippen molar-refractivity contribution in [1.82, 2.24) is 9.88 Å². The van der Waals surface area contributed by atoms with E-state index in [9.17, 15) is 4.79 Å². The van der Waals surface area contributed by atoms with E-state index in [1.54, 1.807) is 0 Å². The molecule has 4 nitrogen and oxygen atoms in total. The first-order valence-electron chi connectivity index (χ1n) is 9.74. The van der Waals surface area contributed by atoms with Crippen LogP contribution < -0.4 is 5.32 Å². The Morgan fingerprint density at radius 1 is 1.24 bits per heavy atom. The summed E-state index contributed by atoms with van der Waals surface area (Å²) in [4.78, 5) is 18.7. The van der Waals surface area contributed by atoms with Crippen LogP contribution in [0.3, 0.4) is 0 Å². The van der Waals surface area contributed by atoms with Crippen molar-refractivity contribution in [2.24, 2.45) is 0 Å². The Bertz CT molecular complexity index is 1090. The predicted molar refractivity (Wildman–Crippen MR) is 119 cm³/mol. The lowest BCUT2D eigenvalue weighted by molar-refractivity contribution is -0.125. The van der Waals surface area contributed by atoms with E-state index in [-0.39, 0.29) is 5.91 Å². The summed E-state index contributed by atoms with van der Waals surface area (Å²) in [6, 6.07) is 14.2.